The molecular weight excluding hydrogens is 1750 g/mol. The molecule has 10 rings (SSSR count). The lowest BCUT2D eigenvalue weighted by Crippen LogP contribution is -1.91. The number of carbonyl (C=O) groups is 16. The van der Waals surface area contributed by atoms with Crippen molar-refractivity contribution in [3.63, 3.8) is 0 Å². The van der Waals surface area contributed by atoms with E-state index >= 15 is 0 Å². The molecule has 0 atom stereocenters. The molecule has 0 N–H and O–H groups in total. The first-order chi connectivity index (χ1) is 67.3. The van der Waals surface area contributed by atoms with E-state index in [1.165, 1.54) is 123 Å². The van der Waals surface area contributed by atoms with E-state index < -0.39 is 0 Å². The van der Waals surface area contributed by atoms with Gasteiger partial charge < -0.3 is 0 Å². The minimum atomic E-state index is 0.610. The van der Waals surface area contributed by atoms with Crippen LogP contribution in [0.2, 0.25) is 0 Å². The summed E-state index contributed by atoms with van der Waals surface area (Å²) in [6.45, 7) is 12.9. The average Bonchev–Trinajstić information content (AvgIpc) is 0.803. The van der Waals surface area contributed by atoms with Crippen molar-refractivity contribution in [3.05, 3.63) is 250 Å². The SMILES string of the molecule is Cc1c(N=CC=O)cccc1N=CC=O.Cc1cc(C)c(N=CC=O)cc1N=CC=O.Cc1cc(Cc2ccc(N=CC=O)c(C)c2)ccc1N=CC=O.Cc1cc(N=CC=O)ccc1N=CC=O.O=CC=NCCCCCCCCN=CC=O.O=CC=Nc1ccc(Cc2ccc(N=CC=O)cc2)cc1.O=CC=Nc1ccc(N=CC=O)cc1.O=CC=Nc1cccc2c(N=CC=O)cccc12. The quantitative estimate of drug-likeness (QED) is 0.0195. The molecule has 0 spiro atoms. The fourth-order valence-corrected chi connectivity index (χ4v) is 11.7. The van der Waals surface area contributed by atoms with Crippen molar-refractivity contribution in [2.24, 2.45) is 79.9 Å². The van der Waals surface area contributed by atoms with Crippen LogP contribution in [0.1, 0.15) is 94.2 Å². The Morgan fingerprint density at radius 3 is 0.717 bits per heavy atom. The van der Waals surface area contributed by atoms with Gasteiger partial charge in [-0.3, -0.25) is 157 Å². The van der Waals surface area contributed by atoms with E-state index in [0.717, 1.165) is 130 Å². The number of rotatable bonds is 43. The molecule has 0 aromatic heterocycles. The second kappa shape index (κ2) is 73.6. The summed E-state index contributed by atoms with van der Waals surface area (Å²) in [5, 5.41) is 1.77. The molecule has 0 radical (unpaired) electrons. The number of fused-ring (bicyclic) bond motifs is 1. The predicted molar refractivity (Wildman–Crippen MR) is 555 cm³/mol. The number of hydrogen-bond acceptors (Lipinski definition) is 32. The van der Waals surface area contributed by atoms with E-state index in [-0.39, 0.29) is 0 Å². The van der Waals surface area contributed by atoms with Crippen LogP contribution in [0.25, 0.3) is 10.8 Å². The Labute approximate surface area is 798 Å². The lowest BCUT2D eigenvalue weighted by molar-refractivity contribution is -0.103. The molecule has 702 valence electrons. The fraction of sp³-hybridized carbons (Fsp3) is 0.151. The summed E-state index contributed by atoms with van der Waals surface area (Å²) >= 11 is 0. The van der Waals surface area contributed by atoms with Gasteiger partial charge >= 0.3 is 0 Å². The first-order valence-corrected chi connectivity index (χ1v) is 42.2. The van der Waals surface area contributed by atoms with E-state index in [0.29, 0.717) is 157 Å². The van der Waals surface area contributed by atoms with Crippen molar-refractivity contribution in [1.82, 2.24) is 0 Å². The van der Waals surface area contributed by atoms with E-state index in [1.54, 1.807) is 66.7 Å². The first-order valence-electron chi connectivity index (χ1n) is 42.2. The molecule has 0 heterocycles. The zero-order valence-electron chi connectivity index (χ0n) is 76.7. The van der Waals surface area contributed by atoms with Crippen LogP contribution in [-0.2, 0) is 89.6 Å². The monoisotopic (exact) mass is 1850 g/mol. The average molecular weight is 1860 g/mol. The highest BCUT2D eigenvalue weighted by molar-refractivity contribution is 6.20. The molecule has 138 heavy (non-hydrogen) atoms. The van der Waals surface area contributed by atoms with Gasteiger partial charge in [0, 0.05) is 29.4 Å². The van der Waals surface area contributed by atoms with Crippen LogP contribution in [0, 0.1) is 41.5 Å². The van der Waals surface area contributed by atoms with E-state index in [2.05, 4.69) is 92.0 Å². The van der Waals surface area contributed by atoms with Crippen LogP contribution >= 0.6 is 0 Å². The molecule has 0 aliphatic rings. The summed E-state index contributed by atoms with van der Waals surface area (Å²) in [4.78, 5) is 226. The molecule has 32 nitrogen and oxygen atoms in total. The molecule has 0 aliphatic carbocycles. The number of aldehydes is 16. The second-order valence-electron chi connectivity index (χ2n) is 27.7. The largest absolute Gasteiger partial charge is 0.297 e. The van der Waals surface area contributed by atoms with E-state index in [4.69, 9.17) is 0 Å². The number of benzene rings is 10. The van der Waals surface area contributed by atoms with Gasteiger partial charge in [-0.25, -0.2) is 0 Å². The van der Waals surface area contributed by atoms with Gasteiger partial charge in [0.2, 0.25) is 0 Å². The zero-order chi connectivity index (χ0) is 101. The minimum absolute atomic E-state index is 0.610. The van der Waals surface area contributed by atoms with Crippen LogP contribution in [0.15, 0.2) is 274 Å². The Hall–Kier alpha value is -18.1. The third-order valence-corrected chi connectivity index (χ3v) is 18.0. The van der Waals surface area contributed by atoms with E-state index in [1.807, 2.05) is 157 Å². The Morgan fingerprint density at radius 2 is 0.406 bits per heavy atom. The number of aliphatic imine (C=N–C) groups is 16. The third kappa shape index (κ3) is 48.7. The second-order valence-corrected chi connectivity index (χ2v) is 27.7. The summed E-state index contributed by atoms with van der Waals surface area (Å²) in [7, 11) is 0. The maximum absolute atomic E-state index is 10.3. The van der Waals surface area contributed by atoms with Gasteiger partial charge in [-0.2, -0.15) is 0 Å². The highest BCUT2D eigenvalue weighted by Gasteiger charge is 2.08. The summed E-state index contributed by atoms with van der Waals surface area (Å²) in [5.74, 6) is 0. The highest BCUT2D eigenvalue weighted by Crippen LogP contribution is 2.34. The van der Waals surface area contributed by atoms with Gasteiger partial charge in [0.15, 0.2) is 101 Å². The molecule has 32 heteroatoms. The van der Waals surface area contributed by atoms with Crippen LogP contribution in [0.5, 0.6) is 0 Å². The molecule has 0 amide bonds. The Kier molecular flexibility index (Phi) is 60.8. The Balaban J connectivity index is 0.000000408. The summed E-state index contributed by atoms with van der Waals surface area (Å²) < 4.78 is 0. The maximum atomic E-state index is 10.3. The topological polar surface area (TPSA) is 471 Å². The first kappa shape index (κ1) is 114. The van der Waals surface area contributed by atoms with Gasteiger partial charge in [0.1, 0.15) is 0 Å². The van der Waals surface area contributed by atoms with Crippen LogP contribution in [-0.4, -0.2) is 213 Å². The molecule has 0 bridgehead atoms. The normalized spacial score (nSPS) is 11.1. The van der Waals surface area contributed by atoms with Gasteiger partial charge in [-0.05, 0) is 226 Å². The predicted octanol–water partition coefficient (Wildman–Crippen LogP) is 18.5. The van der Waals surface area contributed by atoms with E-state index in [9.17, 15) is 76.7 Å². The minimum Gasteiger partial charge on any atom is -0.297 e. The Morgan fingerprint density at radius 1 is 0.181 bits per heavy atom. The van der Waals surface area contributed by atoms with Crippen molar-refractivity contribution in [2.45, 2.75) is 92.9 Å². The van der Waals surface area contributed by atoms with Crippen molar-refractivity contribution in [1.29, 1.82) is 0 Å². The Bertz CT molecular complexity index is 5840. The van der Waals surface area contributed by atoms with Gasteiger partial charge in [0.25, 0.3) is 0 Å². The number of nitrogens with zero attached hydrogens (tertiary/aromatic N) is 16. The highest BCUT2D eigenvalue weighted by atomic mass is 16.2. The zero-order valence-corrected chi connectivity index (χ0v) is 76.7. The smallest absolute Gasteiger partial charge is 0.161 e. The molecule has 0 unspecified atom stereocenters. The van der Waals surface area contributed by atoms with Crippen molar-refractivity contribution < 1.29 is 76.7 Å². The summed E-state index contributed by atoms with van der Waals surface area (Å²) in [6, 6.07) is 59.6. The van der Waals surface area contributed by atoms with Crippen molar-refractivity contribution >= 4 is 290 Å². The number of unbranched alkanes of at least 4 members (excludes halogenated alkanes) is 5. The molecular formula is C106H102N16O16. The number of hydrogen-bond donors (Lipinski definition) is 0. The lowest BCUT2D eigenvalue weighted by atomic mass is 10.0. The van der Waals surface area contributed by atoms with Crippen LogP contribution < -0.4 is 0 Å². The van der Waals surface area contributed by atoms with Crippen molar-refractivity contribution in [2.75, 3.05) is 13.1 Å². The molecule has 0 saturated carbocycles. The van der Waals surface area contributed by atoms with Gasteiger partial charge in [-0.1, -0.05) is 111 Å². The number of aryl methyl sites for hydroxylation is 5. The van der Waals surface area contributed by atoms with Crippen LogP contribution in [0.3, 0.4) is 0 Å². The molecule has 0 aliphatic heterocycles. The molecule has 10 aromatic rings. The summed E-state index contributed by atoms with van der Waals surface area (Å²) in [6.07, 6.45) is 38.1. The molecule has 0 fully saturated rings. The van der Waals surface area contributed by atoms with Gasteiger partial charge in [-0.15, -0.1) is 0 Å². The standard InChI is InChI=1S/C19H18N2O2.C17H14N2O2.C14H10N2O2.C12H12N2O2.C12H20N2O2.2C11H10N2O2.C10H8N2O2/c1-14-11-16(3-5-18(14)20-7-9-22)13-17-4-6-19(15(2)12-17)21-8-10-23;20-11-9-18-16-5-1-14(2-6-16)13-15-3-7-17(8-4-15)19-10-12-21;17-9-7-15-13-5-1-3-11-12(13)4-2-6-14(11)16-8-10-18;1-9-7-10(2)12(14-4-6-16)8-11(9)13-3-5-15;15-11-9-13-7-5-3-1-2-4-6-8-14-10-12-16;1-9-8-10(12-4-6-14)2-3-11(9)13-5-7-15;1-9-10(12-5-7-14)3-2-4-11(9)13-6-8-15;13-7-5-11-9-1-2-10(4-3-9)12-6-8-14/h3-12H,13H2,1-2H3;1-12H,13H2;1-10H;3-8H,1-2H3;9-12H,1-8H2;2*2-8H,1H3;1-8H. The van der Waals surface area contributed by atoms with Gasteiger partial charge in [0.05, 0.1) is 179 Å². The van der Waals surface area contributed by atoms with Crippen molar-refractivity contribution in [3.8, 4) is 0 Å². The fourth-order valence-electron chi connectivity index (χ4n) is 11.7. The number of carbonyl (C=O) groups excluding carboxylic acids is 16. The molecule has 10 aromatic carbocycles. The van der Waals surface area contributed by atoms with Crippen LogP contribution in [0.4, 0.5) is 79.6 Å². The third-order valence-electron chi connectivity index (χ3n) is 18.0. The summed E-state index contributed by atoms with van der Waals surface area (Å²) in [5.41, 5.74) is 20.3. The maximum Gasteiger partial charge on any atom is 0.161 e. The molecule has 0 saturated heterocycles. The lowest BCUT2D eigenvalue weighted by Gasteiger charge is -2.07.